The molecular formula is C27H22O3. The van der Waals surface area contributed by atoms with Gasteiger partial charge in [0.2, 0.25) is 0 Å². The van der Waals surface area contributed by atoms with Gasteiger partial charge in [-0.25, -0.2) is 0 Å². The monoisotopic (exact) mass is 394 g/mol. The largest absolute Gasteiger partial charge is 0.384 e. The van der Waals surface area contributed by atoms with Crippen LogP contribution in [-0.2, 0) is 0 Å². The van der Waals surface area contributed by atoms with Crippen molar-refractivity contribution in [1.82, 2.24) is 0 Å². The normalized spacial score (nSPS) is 12.9. The van der Waals surface area contributed by atoms with Gasteiger partial charge in [-0.05, 0) is 22.3 Å². The molecule has 0 saturated carbocycles. The highest BCUT2D eigenvalue weighted by Gasteiger charge is 2.23. The molecule has 4 rings (SSSR count). The van der Waals surface area contributed by atoms with Gasteiger partial charge in [0.15, 0.2) is 5.78 Å². The first-order valence-corrected chi connectivity index (χ1v) is 9.85. The molecule has 0 fully saturated rings. The predicted octanol–water partition coefficient (Wildman–Crippen LogP) is 5.08. The van der Waals surface area contributed by atoms with Crippen molar-refractivity contribution in [3.8, 4) is 0 Å². The lowest BCUT2D eigenvalue weighted by molar-refractivity contribution is 0.102. The Bertz CT molecular complexity index is 1050. The molecule has 0 aliphatic rings. The molecule has 4 aromatic rings. The summed E-state index contributed by atoms with van der Waals surface area (Å²) in [5, 5.41) is 21.8. The van der Waals surface area contributed by atoms with Crippen molar-refractivity contribution in [3.05, 3.63) is 143 Å². The minimum Gasteiger partial charge on any atom is -0.384 e. The Labute approximate surface area is 175 Å². The van der Waals surface area contributed by atoms with Crippen molar-refractivity contribution in [2.24, 2.45) is 0 Å². The van der Waals surface area contributed by atoms with Crippen LogP contribution in [0.3, 0.4) is 0 Å². The Hall–Kier alpha value is -3.53. The standard InChI is InChI=1S/C27H22O3/c28-25(19-11-3-1-4-12-19)21-15-7-9-17-23(21)27(30)24-18-10-8-16-22(24)26(29)20-13-5-2-6-14-20/h1-18,25-26,28-29H. The fourth-order valence-corrected chi connectivity index (χ4v) is 3.66. The highest BCUT2D eigenvalue weighted by Crippen LogP contribution is 2.30. The topological polar surface area (TPSA) is 57.5 Å². The van der Waals surface area contributed by atoms with Crippen molar-refractivity contribution in [2.45, 2.75) is 12.2 Å². The third-order valence-electron chi connectivity index (χ3n) is 5.23. The Morgan fingerprint density at radius 3 is 1.23 bits per heavy atom. The maximum Gasteiger partial charge on any atom is 0.193 e. The first kappa shape index (κ1) is 19.8. The third kappa shape index (κ3) is 3.94. The lowest BCUT2D eigenvalue weighted by Crippen LogP contribution is -2.13. The zero-order valence-corrected chi connectivity index (χ0v) is 16.3. The van der Waals surface area contributed by atoms with Gasteiger partial charge in [-0.3, -0.25) is 4.79 Å². The number of aliphatic hydroxyl groups excluding tert-OH is 2. The minimum atomic E-state index is -0.919. The summed E-state index contributed by atoms with van der Waals surface area (Å²) in [5.74, 6) is -0.230. The first-order chi connectivity index (χ1) is 14.7. The first-order valence-electron chi connectivity index (χ1n) is 9.85. The van der Waals surface area contributed by atoms with E-state index < -0.39 is 12.2 Å². The fraction of sp³-hybridized carbons (Fsp3) is 0.0741. The van der Waals surface area contributed by atoms with Crippen molar-refractivity contribution in [2.75, 3.05) is 0 Å². The SMILES string of the molecule is O=C(c1ccccc1C(O)c1ccccc1)c1ccccc1C(O)c1ccccc1. The van der Waals surface area contributed by atoms with Gasteiger partial charge < -0.3 is 10.2 Å². The van der Waals surface area contributed by atoms with Crippen LogP contribution < -0.4 is 0 Å². The van der Waals surface area contributed by atoms with Crippen LogP contribution >= 0.6 is 0 Å². The molecule has 4 aromatic carbocycles. The molecule has 148 valence electrons. The van der Waals surface area contributed by atoms with Crippen LogP contribution in [0.2, 0.25) is 0 Å². The number of aliphatic hydroxyl groups is 2. The van der Waals surface area contributed by atoms with E-state index in [1.165, 1.54) is 0 Å². The van der Waals surface area contributed by atoms with Crippen LogP contribution in [-0.4, -0.2) is 16.0 Å². The molecule has 0 aromatic heterocycles. The molecule has 0 radical (unpaired) electrons. The second kappa shape index (κ2) is 8.87. The number of hydrogen-bond acceptors (Lipinski definition) is 3. The van der Waals surface area contributed by atoms with Crippen LogP contribution in [0.4, 0.5) is 0 Å². The summed E-state index contributed by atoms with van der Waals surface area (Å²) in [4.78, 5) is 13.5. The van der Waals surface area contributed by atoms with E-state index in [1.54, 1.807) is 36.4 Å². The second-order valence-electron chi connectivity index (χ2n) is 7.13. The summed E-state index contributed by atoms with van der Waals surface area (Å²) < 4.78 is 0. The van der Waals surface area contributed by atoms with Gasteiger partial charge in [0, 0.05) is 11.1 Å². The Morgan fingerprint density at radius 2 is 0.833 bits per heavy atom. The van der Waals surface area contributed by atoms with Gasteiger partial charge in [-0.1, -0.05) is 109 Å². The molecule has 3 nitrogen and oxygen atoms in total. The average Bonchev–Trinajstić information content (AvgIpc) is 2.84. The van der Waals surface area contributed by atoms with Crippen LogP contribution in [0.25, 0.3) is 0 Å². The van der Waals surface area contributed by atoms with E-state index in [1.807, 2.05) is 72.8 Å². The summed E-state index contributed by atoms with van der Waals surface area (Å²) in [6.45, 7) is 0. The van der Waals surface area contributed by atoms with Crippen LogP contribution in [0.5, 0.6) is 0 Å². The second-order valence-corrected chi connectivity index (χ2v) is 7.13. The maximum absolute atomic E-state index is 13.5. The summed E-state index contributed by atoms with van der Waals surface area (Å²) in [5.41, 5.74) is 3.35. The molecule has 0 bridgehead atoms. The summed E-state index contributed by atoms with van der Waals surface area (Å²) >= 11 is 0. The van der Waals surface area contributed by atoms with Gasteiger partial charge >= 0.3 is 0 Å². The summed E-state index contributed by atoms with van der Waals surface area (Å²) in [6.07, 6.45) is -1.84. The minimum absolute atomic E-state index is 0.230. The van der Waals surface area contributed by atoms with Crippen molar-refractivity contribution in [3.63, 3.8) is 0 Å². The van der Waals surface area contributed by atoms with Crippen LogP contribution in [0.15, 0.2) is 109 Å². The Kier molecular flexibility index (Phi) is 5.84. The molecule has 3 heteroatoms. The number of hydrogen-bond donors (Lipinski definition) is 2. The van der Waals surface area contributed by atoms with E-state index >= 15 is 0 Å². The van der Waals surface area contributed by atoms with E-state index in [9.17, 15) is 15.0 Å². The molecule has 30 heavy (non-hydrogen) atoms. The summed E-state index contributed by atoms with van der Waals surface area (Å²) in [6, 6.07) is 32.7. The van der Waals surface area contributed by atoms with Crippen LogP contribution in [0, 0.1) is 0 Å². The number of ketones is 1. The van der Waals surface area contributed by atoms with E-state index in [2.05, 4.69) is 0 Å². The summed E-state index contributed by atoms with van der Waals surface area (Å²) in [7, 11) is 0. The molecule has 0 spiro atoms. The quantitative estimate of drug-likeness (QED) is 0.448. The molecule has 2 unspecified atom stereocenters. The van der Waals surface area contributed by atoms with Crippen LogP contribution in [0.1, 0.15) is 50.4 Å². The molecule has 0 amide bonds. The Morgan fingerprint density at radius 1 is 0.500 bits per heavy atom. The average molecular weight is 394 g/mol. The highest BCUT2D eigenvalue weighted by atomic mass is 16.3. The highest BCUT2D eigenvalue weighted by molar-refractivity contribution is 6.11. The molecule has 0 aliphatic carbocycles. The lowest BCUT2D eigenvalue weighted by Gasteiger charge is -2.18. The number of benzene rings is 4. The van der Waals surface area contributed by atoms with Crippen molar-refractivity contribution in [1.29, 1.82) is 0 Å². The molecule has 0 saturated heterocycles. The molecule has 2 N–H and O–H groups in total. The lowest BCUT2D eigenvalue weighted by atomic mass is 9.88. The number of carbonyl (C=O) groups excluding carboxylic acids is 1. The van der Waals surface area contributed by atoms with Gasteiger partial charge in [-0.2, -0.15) is 0 Å². The fourth-order valence-electron chi connectivity index (χ4n) is 3.66. The van der Waals surface area contributed by atoms with E-state index in [0.29, 0.717) is 22.3 Å². The van der Waals surface area contributed by atoms with E-state index in [0.717, 1.165) is 11.1 Å². The van der Waals surface area contributed by atoms with Crippen molar-refractivity contribution < 1.29 is 15.0 Å². The third-order valence-corrected chi connectivity index (χ3v) is 5.23. The Balaban J connectivity index is 1.75. The van der Waals surface area contributed by atoms with E-state index in [4.69, 9.17) is 0 Å². The zero-order chi connectivity index (χ0) is 20.9. The molecule has 0 aliphatic heterocycles. The van der Waals surface area contributed by atoms with E-state index in [-0.39, 0.29) is 5.78 Å². The maximum atomic E-state index is 13.5. The molecule has 0 heterocycles. The van der Waals surface area contributed by atoms with Gasteiger partial charge in [-0.15, -0.1) is 0 Å². The number of rotatable bonds is 6. The van der Waals surface area contributed by atoms with Gasteiger partial charge in [0.25, 0.3) is 0 Å². The van der Waals surface area contributed by atoms with Gasteiger partial charge in [0.05, 0.1) is 0 Å². The predicted molar refractivity (Wildman–Crippen MR) is 117 cm³/mol. The smallest absolute Gasteiger partial charge is 0.193 e. The molecular weight excluding hydrogens is 372 g/mol. The number of carbonyl (C=O) groups is 1. The van der Waals surface area contributed by atoms with Gasteiger partial charge in [0.1, 0.15) is 12.2 Å². The molecule has 2 atom stereocenters. The van der Waals surface area contributed by atoms with Crippen molar-refractivity contribution >= 4 is 5.78 Å². The zero-order valence-electron chi connectivity index (χ0n) is 16.3.